The molecule has 1 heterocycles. The summed E-state index contributed by atoms with van der Waals surface area (Å²) in [7, 11) is 1.53. The average molecular weight is 283 g/mol. The van der Waals surface area contributed by atoms with Gasteiger partial charge in [-0.05, 0) is 24.8 Å². The summed E-state index contributed by atoms with van der Waals surface area (Å²) in [4.78, 5) is 25.3. The van der Waals surface area contributed by atoms with Crippen LogP contribution in [0.15, 0.2) is 0 Å². The van der Waals surface area contributed by atoms with E-state index in [2.05, 4.69) is 5.32 Å². The van der Waals surface area contributed by atoms with Crippen molar-refractivity contribution in [3.05, 3.63) is 16.0 Å². The molecule has 0 aliphatic heterocycles. The molecular formula is C12H15N2O4S-. The second-order valence-electron chi connectivity index (χ2n) is 4.42. The van der Waals surface area contributed by atoms with Gasteiger partial charge in [-0.2, -0.15) is 0 Å². The van der Waals surface area contributed by atoms with Crippen molar-refractivity contribution in [3.63, 3.8) is 0 Å². The lowest BCUT2D eigenvalue weighted by Gasteiger charge is -2.17. The van der Waals surface area contributed by atoms with Crippen molar-refractivity contribution in [2.24, 2.45) is 0 Å². The first kappa shape index (κ1) is 13.8. The van der Waals surface area contributed by atoms with E-state index in [9.17, 15) is 14.7 Å². The van der Waals surface area contributed by atoms with Crippen molar-refractivity contribution in [1.29, 1.82) is 0 Å². The highest BCUT2D eigenvalue weighted by Crippen LogP contribution is 2.38. The molecule has 0 radical (unpaired) electrons. The summed E-state index contributed by atoms with van der Waals surface area (Å²) < 4.78 is 0. The van der Waals surface area contributed by atoms with Gasteiger partial charge in [-0.3, -0.25) is 5.32 Å². The molecule has 2 amide bonds. The van der Waals surface area contributed by atoms with Gasteiger partial charge in [-0.15, -0.1) is 11.3 Å². The molecule has 0 saturated heterocycles. The number of aliphatic hydroxyl groups excluding tert-OH is 1. The van der Waals surface area contributed by atoms with E-state index in [1.165, 1.54) is 23.3 Å². The van der Waals surface area contributed by atoms with Gasteiger partial charge in [-0.1, -0.05) is 0 Å². The first-order chi connectivity index (χ1) is 9.04. The number of nitrogens with zero attached hydrogens (tertiary/aromatic N) is 1. The number of likely N-dealkylation sites (N-methyl/N-ethyl adjacent to an activating group) is 1. The first-order valence-electron chi connectivity index (χ1n) is 6.03. The second kappa shape index (κ2) is 5.58. The fraction of sp³-hybridized carbons (Fsp3) is 0.500. The number of carboxylic acid groups (broad SMARTS) is 1. The fourth-order valence-electron chi connectivity index (χ4n) is 2.15. The van der Waals surface area contributed by atoms with Crippen molar-refractivity contribution in [2.75, 3.05) is 25.5 Å². The van der Waals surface area contributed by atoms with Crippen LogP contribution >= 0.6 is 11.3 Å². The van der Waals surface area contributed by atoms with Gasteiger partial charge < -0.3 is 19.9 Å². The molecule has 1 aliphatic carbocycles. The molecule has 104 valence electrons. The zero-order chi connectivity index (χ0) is 14.0. The Balaban J connectivity index is 2.21. The van der Waals surface area contributed by atoms with Crippen LogP contribution in [0.2, 0.25) is 0 Å². The molecule has 0 aromatic carbocycles. The molecule has 19 heavy (non-hydrogen) atoms. The molecule has 2 N–H and O–H groups in total. The Morgan fingerprint density at radius 1 is 1.47 bits per heavy atom. The van der Waals surface area contributed by atoms with Crippen LogP contribution in [0, 0.1) is 0 Å². The van der Waals surface area contributed by atoms with E-state index in [1.807, 2.05) is 0 Å². The topological polar surface area (TPSA) is 92.7 Å². The Bertz CT molecular complexity index is 512. The number of hydrogen-bond donors (Lipinski definition) is 2. The maximum atomic E-state index is 11.8. The minimum Gasteiger partial charge on any atom is -0.545 e. The van der Waals surface area contributed by atoms with E-state index in [0.29, 0.717) is 5.00 Å². The van der Waals surface area contributed by atoms with Crippen molar-refractivity contribution < 1.29 is 19.8 Å². The molecule has 0 saturated carbocycles. The highest BCUT2D eigenvalue weighted by molar-refractivity contribution is 7.17. The van der Waals surface area contributed by atoms with Crippen LogP contribution in [0.4, 0.5) is 9.80 Å². The predicted molar refractivity (Wildman–Crippen MR) is 69.4 cm³/mol. The van der Waals surface area contributed by atoms with Crippen molar-refractivity contribution in [2.45, 2.75) is 19.3 Å². The summed E-state index contributed by atoms with van der Waals surface area (Å²) in [5.41, 5.74) is 0.911. The number of aryl methyl sites for hydroxylation is 1. The molecule has 1 aliphatic rings. The van der Waals surface area contributed by atoms with Crippen LogP contribution in [0.5, 0.6) is 0 Å². The minimum atomic E-state index is -1.25. The van der Waals surface area contributed by atoms with Gasteiger partial charge in [0.15, 0.2) is 0 Å². The van der Waals surface area contributed by atoms with Gasteiger partial charge in [0.2, 0.25) is 0 Å². The van der Waals surface area contributed by atoms with E-state index in [4.69, 9.17) is 5.11 Å². The second-order valence-corrected chi connectivity index (χ2v) is 5.53. The predicted octanol–water partition coefficient (Wildman–Crippen LogP) is 0.0563. The number of aromatic carboxylic acids is 1. The van der Waals surface area contributed by atoms with E-state index in [0.717, 1.165) is 29.7 Å². The van der Waals surface area contributed by atoms with Gasteiger partial charge in [0.05, 0.1) is 12.6 Å². The number of amides is 2. The normalized spacial score (nSPS) is 13.2. The number of anilines is 1. The first-order valence-corrected chi connectivity index (χ1v) is 6.85. The standard InChI is InChI=1S/C12H16N2O4S/c1-14(5-6-15)12(18)13-10-9(11(16)17)7-3-2-4-8(7)19-10/h15H,2-6H2,1H3,(H,13,18)(H,16,17)/p-1. The smallest absolute Gasteiger partial charge is 0.322 e. The Hall–Kier alpha value is -1.60. The molecule has 0 bridgehead atoms. The molecule has 7 heteroatoms. The van der Waals surface area contributed by atoms with Gasteiger partial charge in [0, 0.05) is 24.0 Å². The molecule has 2 rings (SSSR count). The van der Waals surface area contributed by atoms with E-state index in [1.54, 1.807) is 0 Å². The Labute approximate surface area is 114 Å². The van der Waals surface area contributed by atoms with Crippen LogP contribution < -0.4 is 10.4 Å². The Morgan fingerprint density at radius 2 is 2.21 bits per heavy atom. The van der Waals surface area contributed by atoms with E-state index < -0.39 is 12.0 Å². The zero-order valence-corrected chi connectivity index (χ0v) is 11.4. The lowest BCUT2D eigenvalue weighted by atomic mass is 10.1. The van der Waals surface area contributed by atoms with Crippen LogP contribution in [-0.2, 0) is 12.8 Å². The molecule has 0 fully saturated rings. The van der Waals surface area contributed by atoms with Gasteiger partial charge in [-0.25, -0.2) is 4.79 Å². The number of aliphatic hydroxyl groups is 1. The molecule has 1 aromatic heterocycles. The largest absolute Gasteiger partial charge is 0.545 e. The maximum absolute atomic E-state index is 11.8. The van der Waals surface area contributed by atoms with Crippen LogP contribution in [0.3, 0.4) is 0 Å². The number of urea groups is 1. The number of carboxylic acids is 1. The average Bonchev–Trinajstić information content (AvgIpc) is 2.88. The molecule has 6 nitrogen and oxygen atoms in total. The van der Waals surface area contributed by atoms with Gasteiger partial charge in [0.1, 0.15) is 5.00 Å². The van der Waals surface area contributed by atoms with Crippen molar-refractivity contribution in [1.82, 2.24) is 4.90 Å². The SMILES string of the molecule is CN(CCO)C(=O)Nc1sc2c(c1C(=O)[O-])CCC2. The van der Waals surface area contributed by atoms with Crippen molar-refractivity contribution in [3.8, 4) is 0 Å². The molecule has 0 atom stereocenters. The number of hydrogen-bond acceptors (Lipinski definition) is 5. The van der Waals surface area contributed by atoms with Crippen molar-refractivity contribution >= 4 is 28.3 Å². The highest BCUT2D eigenvalue weighted by atomic mass is 32.1. The summed E-state index contributed by atoms with van der Waals surface area (Å²) >= 11 is 1.30. The lowest BCUT2D eigenvalue weighted by Crippen LogP contribution is -2.34. The van der Waals surface area contributed by atoms with Crippen LogP contribution in [0.1, 0.15) is 27.2 Å². The summed E-state index contributed by atoms with van der Waals surface area (Å²) in [5, 5.41) is 22.9. The number of fused-ring (bicyclic) bond motifs is 1. The zero-order valence-electron chi connectivity index (χ0n) is 10.6. The summed E-state index contributed by atoms with van der Waals surface area (Å²) in [6.07, 6.45) is 2.51. The third kappa shape index (κ3) is 2.71. The lowest BCUT2D eigenvalue weighted by molar-refractivity contribution is -0.254. The fourth-order valence-corrected chi connectivity index (χ4v) is 3.42. The van der Waals surface area contributed by atoms with Crippen LogP contribution in [-0.4, -0.2) is 42.2 Å². The van der Waals surface area contributed by atoms with E-state index in [-0.39, 0.29) is 18.7 Å². The molecular weight excluding hydrogens is 268 g/mol. The van der Waals surface area contributed by atoms with Gasteiger partial charge in [0.25, 0.3) is 0 Å². The van der Waals surface area contributed by atoms with E-state index >= 15 is 0 Å². The summed E-state index contributed by atoms with van der Waals surface area (Å²) in [5.74, 6) is -1.25. The molecule has 1 aromatic rings. The number of thiophene rings is 1. The number of rotatable bonds is 4. The molecule has 0 unspecified atom stereocenters. The number of nitrogens with one attached hydrogen (secondary N) is 1. The quantitative estimate of drug-likeness (QED) is 0.817. The minimum absolute atomic E-state index is 0.114. The van der Waals surface area contributed by atoms with Gasteiger partial charge >= 0.3 is 6.03 Å². The maximum Gasteiger partial charge on any atom is 0.322 e. The molecule has 0 spiro atoms. The monoisotopic (exact) mass is 283 g/mol. The third-order valence-electron chi connectivity index (χ3n) is 3.13. The third-order valence-corrected chi connectivity index (χ3v) is 4.34. The Kier molecular flexibility index (Phi) is 4.06. The van der Waals surface area contributed by atoms with Crippen LogP contribution in [0.25, 0.3) is 0 Å². The Morgan fingerprint density at radius 3 is 2.84 bits per heavy atom. The highest BCUT2D eigenvalue weighted by Gasteiger charge is 2.24. The summed E-state index contributed by atoms with van der Waals surface area (Å²) in [6.45, 7) is 0.0514. The number of carbonyl (C=O) groups is 2. The summed E-state index contributed by atoms with van der Waals surface area (Å²) in [6, 6.07) is -0.434. The number of carbonyl (C=O) groups excluding carboxylic acids is 2.